The van der Waals surface area contributed by atoms with Crippen LogP contribution in [0.5, 0.6) is 17.2 Å². The smallest absolute Gasteiger partial charge is 0.203 e. The molecule has 0 spiro atoms. The van der Waals surface area contributed by atoms with E-state index in [9.17, 15) is 0 Å². The first kappa shape index (κ1) is 58.6. The Morgan fingerprint density at radius 3 is 0.954 bits per heavy atom. The summed E-state index contributed by atoms with van der Waals surface area (Å²) in [5.41, 5.74) is 1.65. The van der Waals surface area contributed by atoms with Gasteiger partial charge >= 0.3 is 0 Å². The summed E-state index contributed by atoms with van der Waals surface area (Å²) in [5, 5.41) is 0. The predicted molar refractivity (Wildman–Crippen MR) is 285 cm³/mol. The molecule has 2 aromatic rings. The predicted octanol–water partition coefficient (Wildman–Crippen LogP) is 20.4. The SMILES string of the molecule is CCCCCCCCCCCCCCCCOc1cc(N=Cc2ccccn2)cc(OCCCCCCCCCCCCCCCC)c1OCCCCCCCCCCCCCCCC. The minimum absolute atomic E-state index is 0.680. The van der Waals surface area contributed by atoms with Gasteiger partial charge in [-0.1, -0.05) is 277 Å². The molecule has 0 aliphatic heterocycles. The van der Waals surface area contributed by atoms with Gasteiger partial charge in [0.25, 0.3) is 0 Å². The van der Waals surface area contributed by atoms with Gasteiger partial charge in [-0.3, -0.25) is 9.98 Å². The van der Waals surface area contributed by atoms with Crippen molar-refractivity contribution < 1.29 is 14.2 Å². The lowest BCUT2D eigenvalue weighted by atomic mass is 10.0. The first-order valence-corrected chi connectivity index (χ1v) is 28.8. The van der Waals surface area contributed by atoms with Crippen molar-refractivity contribution in [2.75, 3.05) is 19.8 Å². The Morgan fingerprint density at radius 2 is 0.662 bits per heavy atom. The van der Waals surface area contributed by atoms with Crippen molar-refractivity contribution >= 4 is 11.9 Å². The summed E-state index contributed by atoms with van der Waals surface area (Å²) in [5.74, 6) is 2.28. The molecule has 5 heteroatoms. The number of aliphatic imine (C=N–C) groups is 1. The van der Waals surface area contributed by atoms with E-state index < -0.39 is 0 Å². The van der Waals surface area contributed by atoms with Crippen LogP contribution in [0.4, 0.5) is 5.69 Å². The number of hydrogen-bond acceptors (Lipinski definition) is 5. The summed E-state index contributed by atoms with van der Waals surface area (Å²) in [6, 6.07) is 10.0. The highest BCUT2D eigenvalue weighted by Gasteiger charge is 2.16. The normalized spacial score (nSPS) is 11.6. The maximum absolute atomic E-state index is 6.63. The van der Waals surface area contributed by atoms with E-state index in [-0.39, 0.29) is 0 Å². The maximum atomic E-state index is 6.63. The highest BCUT2D eigenvalue weighted by Crippen LogP contribution is 2.42. The van der Waals surface area contributed by atoms with Crippen molar-refractivity contribution in [3.8, 4) is 17.2 Å². The minimum Gasteiger partial charge on any atom is -0.489 e. The summed E-state index contributed by atoms with van der Waals surface area (Å²) < 4.78 is 19.8. The van der Waals surface area contributed by atoms with Crippen LogP contribution < -0.4 is 14.2 Å². The van der Waals surface area contributed by atoms with Gasteiger partial charge in [0.15, 0.2) is 11.5 Å². The lowest BCUT2D eigenvalue weighted by molar-refractivity contribution is 0.234. The Labute approximate surface area is 404 Å². The largest absolute Gasteiger partial charge is 0.489 e. The van der Waals surface area contributed by atoms with E-state index in [0.717, 1.165) is 47.9 Å². The highest BCUT2D eigenvalue weighted by atomic mass is 16.5. The van der Waals surface area contributed by atoms with Crippen LogP contribution in [0, 0.1) is 0 Å². The number of unbranched alkanes of at least 4 members (excludes halogenated alkanes) is 39. The van der Waals surface area contributed by atoms with E-state index in [1.54, 1.807) is 0 Å². The second kappa shape index (κ2) is 46.5. The molecule has 2 rings (SSSR count). The molecule has 0 saturated heterocycles. The van der Waals surface area contributed by atoms with Gasteiger partial charge in [0, 0.05) is 18.3 Å². The van der Waals surface area contributed by atoms with Crippen LogP contribution in [-0.2, 0) is 0 Å². The second-order valence-corrected chi connectivity index (χ2v) is 19.6. The number of hydrogen-bond donors (Lipinski definition) is 0. The zero-order valence-electron chi connectivity index (χ0n) is 43.5. The Balaban J connectivity index is 1.89. The third-order valence-electron chi connectivity index (χ3n) is 13.3. The molecule has 0 amide bonds. The number of benzene rings is 1. The molecule has 65 heavy (non-hydrogen) atoms. The fourth-order valence-corrected chi connectivity index (χ4v) is 9.02. The molecule has 0 N–H and O–H groups in total. The molecule has 0 unspecified atom stereocenters. The molecular formula is C60H106N2O3. The van der Waals surface area contributed by atoms with Crippen LogP contribution >= 0.6 is 0 Å². The average Bonchev–Trinajstić information content (AvgIpc) is 3.32. The molecule has 0 saturated carbocycles. The van der Waals surface area contributed by atoms with E-state index >= 15 is 0 Å². The van der Waals surface area contributed by atoms with Crippen LogP contribution in [0.2, 0.25) is 0 Å². The Bertz CT molecular complexity index is 1240. The van der Waals surface area contributed by atoms with Gasteiger partial charge in [0.05, 0.1) is 37.4 Å². The summed E-state index contributed by atoms with van der Waals surface area (Å²) in [4.78, 5) is 9.32. The van der Waals surface area contributed by atoms with Gasteiger partial charge in [0.1, 0.15) is 0 Å². The highest BCUT2D eigenvalue weighted by molar-refractivity contribution is 5.80. The Morgan fingerprint density at radius 1 is 0.369 bits per heavy atom. The molecule has 5 nitrogen and oxygen atoms in total. The number of nitrogens with zero attached hydrogens (tertiary/aromatic N) is 2. The zero-order valence-corrected chi connectivity index (χ0v) is 43.5. The van der Waals surface area contributed by atoms with Crippen molar-refractivity contribution in [3.05, 3.63) is 42.2 Å². The van der Waals surface area contributed by atoms with Gasteiger partial charge in [-0.15, -0.1) is 0 Å². The Hall–Kier alpha value is -2.56. The van der Waals surface area contributed by atoms with Crippen LogP contribution in [0.25, 0.3) is 0 Å². The van der Waals surface area contributed by atoms with Crippen molar-refractivity contribution in [2.45, 2.75) is 290 Å². The molecule has 1 heterocycles. The molecule has 0 radical (unpaired) electrons. The summed E-state index contributed by atoms with van der Waals surface area (Å²) in [7, 11) is 0. The lowest BCUT2D eigenvalue weighted by Crippen LogP contribution is -2.06. The van der Waals surface area contributed by atoms with E-state index in [0.29, 0.717) is 19.8 Å². The van der Waals surface area contributed by atoms with Gasteiger partial charge in [-0.25, -0.2) is 0 Å². The quantitative estimate of drug-likeness (QED) is 0.0490. The monoisotopic (exact) mass is 903 g/mol. The summed E-state index contributed by atoms with van der Waals surface area (Å²) >= 11 is 0. The number of ether oxygens (including phenoxy) is 3. The van der Waals surface area contributed by atoms with Crippen molar-refractivity contribution in [1.29, 1.82) is 0 Å². The van der Waals surface area contributed by atoms with Crippen molar-refractivity contribution in [3.63, 3.8) is 0 Å². The standard InChI is InChI=1S/C60H106N2O3/c1-4-7-10-13-16-19-22-25-28-31-34-37-40-45-50-63-58-53-57(62-55-56-48-43-44-49-61-56)54-59(64-51-46-41-38-35-32-29-26-23-20-17-14-11-8-5-2)60(58)65-52-47-42-39-36-33-30-27-24-21-18-15-12-9-6-3/h43-44,48-49,53-55H,4-42,45-47,50-52H2,1-3H3. The van der Waals surface area contributed by atoms with E-state index in [1.807, 2.05) is 42.7 Å². The molecule has 374 valence electrons. The van der Waals surface area contributed by atoms with Crippen molar-refractivity contribution in [1.82, 2.24) is 4.98 Å². The van der Waals surface area contributed by atoms with E-state index in [4.69, 9.17) is 19.2 Å². The number of pyridine rings is 1. The van der Waals surface area contributed by atoms with Gasteiger partial charge in [0.2, 0.25) is 5.75 Å². The second-order valence-electron chi connectivity index (χ2n) is 19.6. The van der Waals surface area contributed by atoms with Crippen molar-refractivity contribution in [2.24, 2.45) is 4.99 Å². The number of rotatable bonds is 50. The summed E-state index contributed by atoms with van der Waals surface area (Å²) in [6.07, 6.45) is 60.3. The Kier molecular flexibility index (Phi) is 41.9. The molecular weight excluding hydrogens is 797 g/mol. The van der Waals surface area contributed by atoms with Crippen LogP contribution in [-0.4, -0.2) is 31.0 Å². The molecule has 1 aromatic heterocycles. The van der Waals surface area contributed by atoms with Gasteiger partial charge in [-0.05, 0) is 31.4 Å². The van der Waals surface area contributed by atoms with Gasteiger partial charge < -0.3 is 14.2 Å². The van der Waals surface area contributed by atoms with Crippen LogP contribution in [0.3, 0.4) is 0 Å². The van der Waals surface area contributed by atoms with Crippen LogP contribution in [0.15, 0.2) is 41.5 Å². The van der Waals surface area contributed by atoms with E-state index in [1.165, 1.54) is 250 Å². The molecule has 0 bridgehead atoms. The maximum Gasteiger partial charge on any atom is 0.203 e. The zero-order chi connectivity index (χ0) is 46.2. The fourth-order valence-electron chi connectivity index (χ4n) is 9.02. The molecule has 0 aliphatic rings. The lowest BCUT2D eigenvalue weighted by Gasteiger charge is -2.18. The first-order valence-electron chi connectivity index (χ1n) is 28.8. The topological polar surface area (TPSA) is 52.9 Å². The third-order valence-corrected chi connectivity index (χ3v) is 13.3. The average molecular weight is 904 g/mol. The molecule has 0 aliphatic carbocycles. The fraction of sp³-hybridized carbons (Fsp3) is 0.800. The van der Waals surface area contributed by atoms with Crippen LogP contribution in [0.1, 0.15) is 296 Å². The number of aromatic nitrogens is 1. The molecule has 0 atom stereocenters. The van der Waals surface area contributed by atoms with E-state index in [2.05, 4.69) is 25.8 Å². The summed E-state index contributed by atoms with van der Waals surface area (Å²) in [6.45, 7) is 8.94. The third kappa shape index (κ3) is 36.2. The minimum atomic E-state index is 0.680. The molecule has 0 fully saturated rings. The first-order chi connectivity index (χ1) is 32.3. The van der Waals surface area contributed by atoms with Gasteiger partial charge in [-0.2, -0.15) is 0 Å². The molecule has 1 aromatic carbocycles.